The number of hydrogen-bond donors (Lipinski definition) is 6. The molecule has 0 amide bonds. The predicted molar refractivity (Wildman–Crippen MR) is 132 cm³/mol. The molecule has 0 aliphatic carbocycles. The van der Waals surface area contributed by atoms with Crippen LogP contribution in [0.15, 0.2) is 20.9 Å². The van der Waals surface area contributed by atoms with Gasteiger partial charge in [-0.15, -0.1) is 4.86 Å². The number of aromatic amines is 1. The highest BCUT2D eigenvalue weighted by Gasteiger charge is 2.44. The van der Waals surface area contributed by atoms with Crippen molar-refractivity contribution in [3.63, 3.8) is 0 Å². The quantitative estimate of drug-likeness (QED) is 0.0913. The van der Waals surface area contributed by atoms with E-state index >= 15 is 0 Å². The third kappa shape index (κ3) is 11.3. The number of aryl methyl sites for hydroxylation is 1. The van der Waals surface area contributed by atoms with Crippen LogP contribution in [0.3, 0.4) is 0 Å². The van der Waals surface area contributed by atoms with Crippen molar-refractivity contribution < 1.29 is 42.3 Å². The lowest BCUT2D eigenvalue weighted by molar-refractivity contribution is 0.00583. The maximum absolute atomic E-state index is 12.2. The number of aromatic nitrogens is 2. The number of ether oxygens (including phenoxy) is 1. The fraction of sp³-hybridized carbons (Fsp3) is 0.750. The molecule has 1 aliphatic heterocycles. The molecule has 1 fully saturated rings. The first-order valence-corrected chi connectivity index (χ1v) is 15.9. The first-order valence-electron chi connectivity index (χ1n) is 10.9. The topological polar surface area (TPSA) is 269 Å². The van der Waals surface area contributed by atoms with E-state index in [0.717, 1.165) is 9.42 Å². The Bertz CT molecular complexity index is 1220. The zero-order valence-corrected chi connectivity index (χ0v) is 23.3. The van der Waals surface area contributed by atoms with E-state index in [1.54, 1.807) is 0 Å². The average Bonchev–Trinajstić information content (AvgIpc) is 3.11. The number of azide groups is 1. The van der Waals surface area contributed by atoms with Gasteiger partial charge in [0.1, 0.15) is 6.23 Å². The van der Waals surface area contributed by atoms with Crippen LogP contribution in [0.1, 0.15) is 39.0 Å². The Morgan fingerprint density at radius 2 is 1.78 bits per heavy atom. The minimum absolute atomic E-state index is 0.155. The summed E-state index contributed by atoms with van der Waals surface area (Å²) in [5.41, 5.74) is 7.35. The van der Waals surface area contributed by atoms with Gasteiger partial charge in [-0.05, 0) is 32.1 Å². The Morgan fingerprint density at radius 3 is 2.24 bits per heavy atom. The van der Waals surface area contributed by atoms with Gasteiger partial charge in [0.25, 0.3) is 5.56 Å². The van der Waals surface area contributed by atoms with Crippen molar-refractivity contribution in [2.45, 2.75) is 52.5 Å². The van der Waals surface area contributed by atoms with E-state index in [-0.39, 0.29) is 12.0 Å². The van der Waals surface area contributed by atoms with Crippen LogP contribution in [-0.4, -0.2) is 72.0 Å². The molecule has 0 radical (unpaired) electrons. The monoisotopic (exact) mass is 591 g/mol. The van der Waals surface area contributed by atoms with Crippen molar-refractivity contribution in [1.29, 1.82) is 0 Å². The molecule has 1 saturated heterocycles. The predicted octanol–water partition coefficient (Wildman–Crippen LogP) is 1.14. The van der Waals surface area contributed by atoms with E-state index in [2.05, 4.69) is 40.0 Å². The van der Waals surface area contributed by atoms with Gasteiger partial charge in [-0.3, -0.25) is 18.9 Å². The summed E-state index contributed by atoms with van der Waals surface area (Å²) in [5.74, 6) is 0. The highest BCUT2D eigenvalue weighted by Crippen LogP contribution is 2.61. The van der Waals surface area contributed by atoms with Gasteiger partial charge in [-0.2, -0.15) is 0 Å². The van der Waals surface area contributed by atoms with Crippen LogP contribution in [0.4, 0.5) is 0 Å². The van der Waals surface area contributed by atoms with E-state index < -0.39 is 58.9 Å². The second kappa shape index (κ2) is 13.9. The molecular formula is C16H32N7O11P3. The fourth-order valence-electron chi connectivity index (χ4n) is 3.33. The van der Waals surface area contributed by atoms with E-state index in [1.807, 2.05) is 4.98 Å². The van der Waals surface area contributed by atoms with Gasteiger partial charge in [0, 0.05) is 23.1 Å². The van der Waals surface area contributed by atoms with Crippen molar-refractivity contribution >= 4 is 23.1 Å². The third-order valence-corrected chi connectivity index (χ3v) is 9.89. The molecule has 0 saturated carbocycles. The Labute approximate surface area is 211 Å². The number of nitrogens with zero attached hydrogens (tertiary/aromatic N) is 5. The molecule has 5 atom stereocenters. The first kappa shape index (κ1) is 33.4. The smallest absolute Gasteiger partial charge is 0.354 e. The summed E-state index contributed by atoms with van der Waals surface area (Å²) < 4.78 is 45.1. The highest BCUT2D eigenvalue weighted by molar-refractivity contribution is 7.71. The molecule has 37 heavy (non-hydrogen) atoms. The first-order chi connectivity index (χ1) is 17.0. The van der Waals surface area contributed by atoms with E-state index in [4.69, 9.17) is 20.1 Å². The second-order valence-corrected chi connectivity index (χ2v) is 13.0. The van der Waals surface area contributed by atoms with Crippen molar-refractivity contribution in [3.8, 4) is 0 Å². The molecule has 0 bridgehead atoms. The van der Waals surface area contributed by atoms with Crippen molar-refractivity contribution in [1.82, 2.24) is 19.3 Å². The van der Waals surface area contributed by atoms with Gasteiger partial charge in [0.05, 0.1) is 18.3 Å². The molecule has 18 nitrogen and oxygen atoms in total. The molecule has 1 aromatic rings. The summed E-state index contributed by atoms with van der Waals surface area (Å²) in [6, 6.07) is -1.11. The van der Waals surface area contributed by atoms with Crippen molar-refractivity contribution in [2.75, 3.05) is 25.8 Å². The minimum atomic E-state index is -5.40. The molecule has 1 aliphatic rings. The van der Waals surface area contributed by atoms with Crippen molar-refractivity contribution in [3.05, 3.63) is 43.0 Å². The fourth-order valence-corrected chi connectivity index (χ4v) is 7.55. The summed E-state index contributed by atoms with van der Waals surface area (Å²) in [6.45, 7) is 11.5. The largest absolute Gasteiger partial charge is 0.419 e. The molecule has 6 N–H and O–H groups in total. The molecule has 2 unspecified atom stereocenters. The number of rotatable bonds is 11. The van der Waals surface area contributed by atoms with Gasteiger partial charge in [-0.1, -0.05) is 25.9 Å². The minimum Gasteiger partial charge on any atom is -0.354 e. The maximum Gasteiger partial charge on any atom is 0.419 e. The molecule has 2 heterocycles. The Kier molecular flexibility index (Phi) is 12.6. The molecule has 212 valence electrons. The zero-order valence-electron chi connectivity index (χ0n) is 20.6. The van der Waals surface area contributed by atoms with Crippen molar-refractivity contribution in [2.24, 2.45) is 5.11 Å². The van der Waals surface area contributed by atoms with Gasteiger partial charge in [0.2, 0.25) is 0 Å². The summed E-state index contributed by atoms with van der Waals surface area (Å²) in [5, 5.41) is 3.40. The standard InChI is InChI=1S/C10H17N6O11P3.C6H15N/c1-5-3-16(10(18)12-9(5)17)8-2-6(13-14-11)7(26-8)4-28(19,20)27-30(24,25)15-29(21,22)23;1-4-7(5-2)6-3/h3,6-8H,2,4H2,1H3,(H,19,20)(H,12,17,18)(H4,15,21,22,23,24,25);4-6H2,1-3H3/t6-,7+,8+;/m0./s1. The van der Waals surface area contributed by atoms with Crippen LogP contribution in [0.5, 0.6) is 0 Å². The number of H-pyrrole nitrogens is 1. The lowest BCUT2D eigenvalue weighted by Gasteiger charge is -2.21. The summed E-state index contributed by atoms with van der Waals surface area (Å²) >= 11 is 0. The van der Waals surface area contributed by atoms with Gasteiger partial charge in [-0.25, -0.2) is 18.2 Å². The molecule has 2 rings (SSSR count). The van der Waals surface area contributed by atoms with E-state index in [1.165, 1.54) is 32.8 Å². The molecule has 0 spiro atoms. The number of hydrogen-bond acceptors (Lipinski definition) is 9. The summed E-state index contributed by atoms with van der Waals surface area (Å²) in [7, 11) is -15.7. The van der Waals surface area contributed by atoms with Gasteiger partial charge >= 0.3 is 28.8 Å². The average molecular weight is 591 g/mol. The van der Waals surface area contributed by atoms with E-state index in [9.17, 15) is 33.1 Å². The Hall–Kier alpha value is -1.64. The van der Waals surface area contributed by atoms with E-state index in [0.29, 0.717) is 0 Å². The second-order valence-electron chi connectivity index (χ2n) is 7.80. The number of nitrogens with one attached hydrogen (secondary N) is 2. The SMILES string of the molecule is CCN(CC)CC.Cc1cn([C@H]2C[C@H](N=[N+]=[N-])[C@@H](CP(=O)(O)OP(=O)(O)NP(=O)(O)O)O2)c(=O)[nH]c1=O. The lowest BCUT2D eigenvalue weighted by Crippen LogP contribution is -2.33. The lowest BCUT2D eigenvalue weighted by atomic mass is 10.1. The van der Waals surface area contributed by atoms with Crippen LogP contribution in [-0.2, 0) is 22.7 Å². The molecular weight excluding hydrogens is 559 g/mol. The molecule has 21 heteroatoms. The Morgan fingerprint density at radius 1 is 1.22 bits per heavy atom. The maximum atomic E-state index is 12.2. The Balaban J connectivity index is 0.000000856. The summed E-state index contributed by atoms with van der Waals surface area (Å²) in [6.07, 6.45) is -2.50. The third-order valence-electron chi connectivity index (χ3n) is 5.11. The highest BCUT2D eigenvalue weighted by atomic mass is 31.3. The molecule has 0 aromatic carbocycles. The van der Waals surface area contributed by atoms with Crippen LogP contribution < -0.4 is 16.1 Å². The van der Waals surface area contributed by atoms with Gasteiger partial charge in [0.15, 0.2) is 0 Å². The van der Waals surface area contributed by atoms with Crippen LogP contribution in [0.2, 0.25) is 0 Å². The summed E-state index contributed by atoms with van der Waals surface area (Å²) in [4.78, 5) is 67.9. The normalized spacial score (nSPS) is 22.9. The van der Waals surface area contributed by atoms with Crippen LogP contribution >= 0.6 is 23.1 Å². The molecule has 1 aromatic heterocycles. The van der Waals surface area contributed by atoms with Gasteiger partial charge < -0.3 is 29.2 Å². The van der Waals surface area contributed by atoms with Crippen LogP contribution in [0.25, 0.3) is 10.4 Å². The zero-order chi connectivity index (χ0) is 28.6. The van der Waals surface area contributed by atoms with Crippen LogP contribution in [0, 0.1) is 6.92 Å².